The van der Waals surface area contributed by atoms with Gasteiger partial charge in [0.25, 0.3) is 0 Å². The molecule has 2 aliphatic heterocycles. The molecule has 2 aromatic carbocycles. The average molecular weight is 456 g/mol. The van der Waals surface area contributed by atoms with Crippen molar-refractivity contribution in [2.24, 2.45) is 0 Å². The fraction of sp³-hybridized carbons (Fsp3) is 0.333. The third-order valence-electron chi connectivity index (χ3n) is 5.22. The number of carbonyl (C=O) groups is 2. The Hall–Kier alpha value is -3.56. The van der Waals surface area contributed by atoms with Crippen LogP contribution in [0.2, 0.25) is 0 Å². The molecule has 0 N–H and O–H groups in total. The van der Waals surface area contributed by atoms with Gasteiger partial charge in [0.1, 0.15) is 23.4 Å². The second kappa shape index (κ2) is 9.51. The van der Waals surface area contributed by atoms with Crippen LogP contribution in [-0.2, 0) is 15.9 Å². The summed E-state index contributed by atoms with van der Waals surface area (Å²) in [6.45, 7) is 5.59. The summed E-state index contributed by atoms with van der Waals surface area (Å²) in [6, 6.07) is 6.14. The molecule has 0 aromatic heterocycles. The van der Waals surface area contributed by atoms with Gasteiger partial charge in [-0.1, -0.05) is 6.58 Å². The van der Waals surface area contributed by atoms with Gasteiger partial charge in [0, 0.05) is 32.8 Å². The van der Waals surface area contributed by atoms with E-state index in [-0.39, 0.29) is 49.1 Å². The minimum absolute atomic E-state index is 0.00829. The minimum Gasteiger partial charge on any atom is -0.485 e. The van der Waals surface area contributed by atoms with E-state index in [4.69, 9.17) is 33.2 Å². The molecule has 0 saturated heterocycles. The summed E-state index contributed by atoms with van der Waals surface area (Å²) in [6.07, 6.45) is 0.329. The smallest absolute Gasteiger partial charge is 0.237 e. The van der Waals surface area contributed by atoms with E-state index in [0.717, 1.165) is 11.1 Å². The van der Waals surface area contributed by atoms with Crippen LogP contribution in [0.3, 0.4) is 0 Å². The molecular weight excluding hydrogens is 432 g/mol. The van der Waals surface area contributed by atoms with Crippen LogP contribution in [0.5, 0.6) is 28.7 Å². The van der Waals surface area contributed by atoms with Crippen molar-refractivity contribution in [1.82, 2.24) is 0 Å². The van der Waals surface area contributed by atoms with Gasteiger partial charge >= 0.3 is 0 Å². The van der Waals surface area contributed by atoms with Gasteiger partial charge in [-0.25, -0.2) is 0 Å². The highest BCUT2D eigenvalue weighted by Gasteiger charge is 2.32. The van der Waals surface area contributed by atoms with E-state index in [0.29, 0.717) is 23.7 Å². The van der Waals surface area contributed by atoms with Gasteiger partial charge in [-0.3, -0.25) is 9.59 Å². The van der Waals surface area contributed by atoms with Crippen molar-refractivity contribution in [1.29, 1.82) is 0 Å². The number of fused-ring (bicyclic) bond motifs is 2. The van der Waals surface area contributed by atoms with Gasteiger partial charge in [-0.05, 0) is 30.2 Å². The van der Waals surface area contributed by atoms with E-state index in [9.17, 15) is 9.59 Å². The highest BCUT2D eigenvalue weighted by Crippen LogP contribution is 2.40. The number of carbonyl (C=O) groups excluding carboxylic acids is 2. The Morgan fingerprint density at radius 1 is 0.909 bits per heavy atom. The van der Waals surface area contributed by atoms with E-state index in [2.05, 4.69) is 6.58 Å². The third-order valence-corrected chi connectivity index (χ3v) is 5.22. The van der Waals surface area contributed by atoms with Crippen LogP contribution in [0, 0.1) is 0 Å². The summed E-state index contributed by atoms with van der Waals surface area (Å²) >= 11 is 0. The Morgan fingerprint density at radius 3 is 2.03 bits per heavy atom. The molecule has 0 amide bonds. The van der Waals surface area contributed by atoms with Crippen LogP contribution in [0.1, 0.15) is 33.2 Å². The third kappa shape index (κ3) is 4.50. The van der Waals surface area contributed by atoms with Crippen LogP contribution in [0.15, 0.2) is 36.4 Å². The average Bonchev–Trinajstić information content (AvgIpc) is 3.45. The van der Waals surface area contributed by atoms with Crippen molar-refractivity contribution in [2.45, 2.75) is 19.4 Å². The number of hydrogen-bond acceptors (Lipinski definition) is 9. The maximum atomic E-state index is 13.4. The molecule has 4 rings (SSSR count). The first kappa shape index (κ1) is 22.6. The molecule has 174 valence electrons. The molecule has 2 aliphatic rings. The number of ketones is 2. The molecule has 0 aliphatic carbocycles. The summed E-state index contributed by atoms with van der Waals surface area (Å²) in [5, 5.41) is 0. The molecule has 1 unspecified atom stereocenters. The maximum Gasteiger partial charge on any atom is 0.237 e. The van der Waals surface area contributed by atoms with Crippen molar-refractivity contribution >= 4 is 11.6 Å². The van der Waals surface area contributed by atoms with Crippen molar-refractivity contribution < 1.29 is 42.7 Å². The van der Waals surface area contributed by atoms with Crippen LogP contribution in [0.4, 0.5) is 0 Å². The van der Waals surface area contributed by atoms with E-state index < -0.39 is 11.6 Å². The Balaban J connectivity index is 1.71. The Morgan fingerprint density at radius 2 is 1.45 bits per heavy atom. The summed E-state index contributed by atoms with van der Waals surface area (Å²) < 4.78 is 37.6. The zero-order valence-corrected chi connectivity index (χ0v) is 18.6. The lowest BCUT2D eigenvalue weighted by Crippen LogP contribution is -2.18. The van der Waals surface area contributed by atoms with Crippen LogP contribution in [-0.4, -0.2) is 52.3 Å². The zero-order chi connectivity index (χ0) is 23.5. The second-order valence-electron chi connectivity index (χ2n) is 7.57. The summed E-state index contributed by atoms with van der Waals surface area (Å²) in [5.41, 5.74) is 1.76. The molecule has 1 atom stereocenters. The molecule has 0 bridgehead atoms. The molecule has 33 heavy (non-hydrogen) atoms. The fourth-order valence-corrected chi connectivity index (χ4v) is 3.55. The molecule has 2 aromatic rings. The number of ether oxygens (including phenoxy) is 7. The second-order valence-corrected chi connectivity index (χ2v) is 7.57. The summed E-state index contributed by atoms with van der Waals surface area (Å²) in [4.78, 5) is 26.7. The number of rotatable bonds is 10. The van der Waals surface area contributed by atoms with Crippen molar-refractivity contribution in [3.8, 4) is 28.7 Å². The zero-order valence-electron chi connectivity index (χ0n) is 18.6. The van der Waals surface area contributed by atoms with Crippen molar-refractivity contribution in [3.63, 3.8) is 0 Å². The molecule has 9 heteroatoms. The number of methoxy groups -OCH3 is 2. The van der Waals surface area contributed by atoms with Crippen molar-refractivity contribution in [3.05, 3.63) is 53.1 Å². The van der Waals surface area contributed by atoms with Crippen LogP contribution >= 0.6 is 0 Å². The van der Waals surface area contributed by atoms with Gasteiger partial charge in [-0.2, -0.15) is 0 Å². The first-order chi connectivity index (χ1) is 15.9. The predicted molar refractivity (Wildman–Crippen MR) is 116 cm³/mol. The van der Waals surface area contributed by atoms with Gasteiger partial charge in [0.2, 0.25) is 18.4 Å². The molecule has 0 spiro atoms. The first-order valence-corrected chi connectivity index (χ1v) is 10.2. The first-order valence-electron chi connectivity index (χ1n) is 10.2. The van der Waals surface area contributed by atoms with Gasteiger partial charge in [0.05, 0.1) is 11.1 Å². The molecule has 2 heterocycles. The molecule has 0 saturated carbocycles. The van der Waals surface area contributed by atoms with Gasteiger partial charge in [-0.15, -0.1) is 0 Å². The summed E-state index contributed by atoms with van der Waals surface area (Å²) in [5.74, 6) is 0.0846. The largest absolute Gasteiger partial charge is 0.485 e. The highest BCUT2D eigenvalue weighted by atomic mass is 16.7. The lowest BCUT2D eigenvalue weighted by Gasteiger charge is -2.14. The molecule has 0 fully saturated rings. The maximum absolute atomic E-state index is 13.4. The summed E-state index contributed by atoms with van der Waals surface area (Å²) in [7, 11) is 2.91. The molecule has 0 radical (unpaired) electrons. The minimum atomic E-state index is -0.794. The lowest BCUT2D eigenvalue weighted by atomic mass is 9.96. The Kier molecular flexibility index (Phi) is 6.52. The van der Waals surface area contributed by atoms with Gasteiger partial charge < -0.3 is 33.2 Å². The van der Waals surface area contributed by atoms with Crippen molar-refractivity contribution in [2.75, 3.05) is 34.6 Å². The lowest BCUT2D eigenvalue weighted by molar-refractivity contribution is 0.0489. The molecular formula is C24H24O9. The Labute approximate surface area is 190 Å². The predicted octanol–water partition coefficient (Wildman–Crippen LogP) is 3.33. The van der Waals surface area contributed by atoms with E-state index in [1.54, 1.807) is 12.1 Å². The van der Waals surface area contributed by atoms with Crippen LogP contribution < -0.4 is 23.7 Å². The standard InChI is InChI=1S/C24H24O9/c1-13(2)17-6-14-5-15(19(29-10-27-3)8-18(14)33-17)23(25)24(26)16-7-21-22(32-12-31-21)9-20(16)30-11-28-4/h5,7-9,17H,1,6,10-12H2,2-4H3. The Bertz CT molecular complexity index is 1110. The normalized spacial score (nSPS) is 15.5. The topological polar surface area (TPSA) is 98.8 Å². The van der Waals surface area contributed by atoms with E-state index >= 15 is 0 Å². The monoisotopic (exact) mass is 456 g/mol. The van der Waals surface area contributed by atoms with E-state index in [1.807, 2.05) is 6.92 Å². The van der Waals surface area contributed by atoms with Crippen LogP contribution in [0.25, 0.3) is 0 Å². The number of benzene rings is 2. The molecule has 9 nitrogen and oxygen atoms in total. The highest BCUT2D eigenvalue weighted by molar-refractivity contribution is 6.50. The number of Topliss-reactive ketones (excluding diaryl/α,β-unsaturated/α-hetero) is 2. The fourth-order valence-electron chi connectivity index (χ4n) is 3.55. The van der Waals surface area contributed by atoms with Gasteiger partial charge in [0.15, 0.2) is 25.1 Å². The number of hydrogen-bond donors (Lipinski definition) is 0. The quantitative estimate of drug-likeness (QED) is 0.231. The van der Waals surface area contributed by atoms with E-state index in [1.165, 1.54) is 26.4 Å². The SMILES string of the molecule is C=C(C)C1Cc2cc(C(=O)C(=O)c3cc4c(cc3OCOC)OCO4)c(OCOC)cc2O1.